The van der Waals surface area contributed by atoms with E-state index in [0.717, 1.165) is 17.3 Å². The number of nitrogens with zero attached hydrogens (tertiary/aromatic N) is 2. The van der Waals surface area contributed by atoms with Crippen LogP contribution in [0.3, 0.4) is 0 Å². The molecular formula is C19H19N5O2. The summed E-state index contributed by atoms with van der Waals surface area (Å²) in [5.74, 6) is -0.173. The maximum atomic E-state index is 12.7. The smallest absolute Gasteiger partial charge is 0.322 e. The SMILES string of the molecule is O=C(Nc1ccc2[nH]ncc2c1)[C@@H]1CCCN1C(=O)Nc1ccccc1. The van der Waals surface area contributed by atoms with Gasteiger partial charge in [-0.2, -0.15) is 5.10 Å². The van der Waals surface area contributed by atoms with Crippen LogP contribution < -0.4 is 10.6 Å². The number of benzene rings is 2. The number of anilines is 2. The zero-order chi connectivity index (χ0) is 17.9. The highest BCUT2D eigenvalue weighted by Crippen LogP contribution is 2.22. The van der Waals surface area contributed by atoms with Crippen molar-refractivity contribution in [3.05, 3.63) is 54.7 Å². The molecule has 0 radical (unpaired) electrons. The van der Waals surface area contributed by atoms with Gasteiger partial charge in [0.2, 0.25) is 5.91 Å². The van der Waals surface area contributed by atoms with E-state index in [0.29, 0.717) is 24.3 Å². The Morgan fingerprint density at radius 1 is 1.08 bits per heavy atom. The van der Waals surface area contributed by atoms with E-state index in [1.165, 1.54) is 0 Å². The minimum atomic E-state index is -0.473. The number of rotatable bonds is 3. The second kappa shape index (κ2) is 6.87. The normalized spacial score (nSPS) is 16.6. The first-order chi connectivity index (χ1) is 12.7. The summed E-state index contributed by atoms with van der Waals surface area (Å²) in [5, 5.41) is 13.5. The van der Waals surface area contributed by atoms with Crippen LogP contribution in [0.25, 0.3) is 10.9 Å². The van der Waals surface area contributed by atoms with Gasteiger partial charge in [-0.1, -0.05) is 18.2 Å². The molecule has 2 heterocycles. The standard InChI is InChI=1S/C19H19N5O2/c25-18(21-15-8-9-16-13(11-15)12-20-23-16)17-7-4-10-24(17)19(26)22-14-5-2-1-3-6-14/h1-3,5-6,8-9,11-12,17H,4,7,10H2,(H,20,23)(H,21,25)(H,22,26)/t17-/m0/s1. The van der Waals surface area contributed by atoms with Gasteiger partial charge < -0.3 is 15.5 Å². The summed E-state index contributed by atoms with van der Waals surface area (Å²) in [6.45, 7) is 0.567. The summed E-state index contributed by atoms with van der Waals surface area (Å²) in [7, 11) is 0. The van der Waals surface area contributed by atoms with Gasteiger partial charge in [-0.25, -0.2) is 4.79 Å². The molecule has 1 atom stereocenters. The quantitative estimate of drug-likeness (QED) is 0.678. The molecule has 3 aromatic rings. The lowest BCUT2D eigenvalue weighted by atomic mass is 10.2. The summed E-state index contributed by atoms with van der Waals surface area (Å²) in [6.07, 6.45) is 3.17. The van der Waals surface area contributed by atoms with E-state index in [-0.39, 0.29) is 11.9 Å². The van der Waals surface area contributed by atoms with Crippen LogP contribution in [0.1, 0.15) is 12.8 Å². The van der Waals surface area contributed by atoms with Crippen LogP contribution in [0.15, 0.2) is 54.7 Å². The molecule has 0 unspecified atom stereocenters. The Bertz CT molecular complexity index is 937. The summed E-state index contributed by atoms with van der Waals surface area (Å²) >= 11 is 0. The van der Waals surface area contributed by atoms with Crippen molar-refractivity contribution in [2.45, 2.75) is 18.9 Å². The van der Waals surface area contributed by atoms with Crippen LogP contribution in [-0.2, 0) is 4.79 Å². The molecule has 0 spiro atoms. The highest BCUT2D eigenvalue weighted by Gasteiger charge is 2.34. The van der Waals surface area contributed by atoms with Crippen LogP contribution in [-0.4, -0.2) is 39.6 Å². The molecule has 1 fully saturated rings. The molecule has 4 rings (SSSR count). The van der Waals surface area contributed by atoms with Crippen molar-refractivity contribution in [2.24, 2.45) is 0 Å². The number of carbonyl (C=O) groups excluding carboxylic acids is 2. The molecule has 26 heavy (non-hydrogen) atoms. The van der Waals surface area contributed by atoms with Gasteiger partial charge in [0.05, 0.1) is 11.7 Å². The first kappa shape index (κ1) is 16.1. The minimum absolute atomic E-state index is 0.173. The number of H-pyrrole nitrogens is 1. The van der Waals surface area contributed by atoms with E-state index in [1.807, 2.05) is 48.5 Å². The van der Waals surface area contributed by atoms with E-state index < -0.39 is 6.04 Å². The summed E-state index contributed by atoms with van der Waals surface area (Å²) < 4.78 is 0. The van der Waals surface area contributed by atoms with Crippen LogP contribution in [0.5, 0.6) is 0 Å². The summed E-state index contributed by atoms with van der Waals surface area (Å²) in [5.41, 5.74) is 2.32. The Balaban J connectivity index is 1.45. The number of nitrogens with one attached hydrogen (secondary N) is 3. The van der Waals surface area contributed by atoms with Crippen LogP contribution in [0.2, 0.25) is 0 Å². The van der Waals surface area contributed by atoms with Crippen molar-refractivity contribution >= 4 is 34.2 Å². The average molecular weight is 349 g/mol. The molecule has 1 aliphatic rings. The Hall–Kier alpha value is -3.35. The number of aromatic nitrogens is 2. The van der Waals surface area contributed by atoms with Crippen molar-refractivity contribution < 1.29 is 9.59 Å². The molecule has 1 aliphatic heterocycles. The Kier molecular flexibility index (Phi) is 4.27. The van der Waals surface area contributed by atoms with Crippen molar-refractivity contribution in [1.82, 2.24) is 15.1 Å². The molecule has 2 aromatic carbocycles. The maximum Gasteiger partial charge on any atom is 0.322 e. The second-order valence-corrected chi connectivity index (χ2v) is 6.31. The molecule has 3 amide bonds. The molecule has 1 aromatic heterocycles. The Morgan fingerprint density at radius 2 is 1.92 bits per heavy atom. The van der Waals surface area contributed by atoms with Gasteiger partial charge in [0.15, 0.2) is 0 Å². The molecule has 0 bridgehead atoms. The molecule has 0 saturated carbocycles. The van der Waals surface area contributed by atoms with E-state index >= 15 is 0 Å². The Labute approximate surface area is 150 Å². The third-order valence-corrected chi connectivity index (χ3v) is 4.55. The number of amides is 3. The highest BCUT2D eigenvalue weighted by atomic mass is 16.2. The van der Waals surface area contributed by atoms with Gasteiger partial charge in [0.25, 0.3) is 0 Å². The predicted molar refractivity (Wildman–Crippen MR) is 99.9 cm³/mol. The molecule has 0 aliphatic carbocycles. The summed E-state index contributed by atoms with van der Waals surface area (Å²) in [4.78, 5) is 26.8. The molecule has 7 nitrogen and oxygen atoms in total. The van der Waals surface area contributed by atoms with Gasteiger partial charge >= 0.3 is 6.03 Å². The number of hydrogen-bond acceptors (Lipinski definition) is 3. The fraction of sp³-hybridized carbons (Fsp3) is 0.211. The minimum Gasteiger partial charge on any atom is -0.324 e. The second-order valence-electron chi connectivity index (χ2n) is 6.31. The number of likely N-dealkylation sites (tertiary alicyclic amines) is 1. The molecule has 132 valence electrons. The largest absolute Gasteiger partial charge is 0.324 e. The number of carbonyl (C=O) groups is 2. The van der Waals surface area contributed by atoms with Crippen molar-refractivity contribution in [2.75, 3.05) is 17.2 Å². The van der Waals surface area contributed by atoms with E-state index in [4.69, 9.17) is 0 Å². The first-order valence-corrected chi connectivity index (χ1v) is 8.57. The highest BCUT2D eigenvalue weighted by molar-refractivity contribution is 6.00. The van der Waals surface area contributed by atoms with Crippen molar-refractivity contribution in [1.29, 1.82) is 0 Å². The monoisotopic (exact) mass is 349 g/mol. The zero-order valence-corrected chi connectivity index (χ0v) is 14.1. The molecule has 1 saturated heterocycles. The van der Waals surface area contributed by atoms with Gasteiger partial charge in [-0.3, -0.25) is 9.89 Å². The maximum absolute atomic E-state index is 12.7. The van der Waals surface area contributed by atoms with Crippen molar-refractivity contribution in [3.63, 3.8) is 0 Å². The molecule has 7 heteroatoms. The average Bonchev–Trinajstić information content (AvgIpc) is 3.31. The summed E-state index contributed by atoms with van der Waals surface area (Å²) in [6, 6.07) is 14.1. The van der Waals surface area contributed by atoms with Crippen LogP contribution in [0, 0.1) is 0 Å². The van der Waals surface area contributed by atoms with Gasteiger partial charge in [0.1, 0.15) is 6.04 Å². The third-order valence-electron chi connectivity index (χ3n) is 4.55. The predicted octanol–water partition coefficient (Wildman–Crippen LogP) is 3.20. The van der Waals surface area contributed by atoms with E-state index in [1.54, 1.807) is 11.1 Å². The fourth-order valence-corrected chi connectivity index (χ4v) is 3.25. The number of fused-ring (bicyclic) bond motifs is 1. The Morgan fingerprint density at radius 3 is 2.77 bits per heavy atom. The third kappa shape index (κ3) is 3.23. The van der Waals surface area contributed by atoms with Gasteiger partial charge in [0, 0.05) is 23.3 Å². The van der Waals surface area contributed by atoms with Gasteiger partial charge in [-0.05, 0) is 43.2 Å². The lowest BCUT2D eigenvalue weighted by Gasteiger charge is -2.24. The number of aromatic amines is 1. The molecule has 3 N–H and O–H groups in total. The topological polar surface area (TPSA) is 90.1 Å². The van der Waals surface area contributed by atoms with Gasteiger partial charge in [-0.15, -0.1) is 0 Å². The molecular weight excluding hydrogens is 330 g/mol. The van der Waals surface area contributed by atoms with E-state index in [9.17, 15) is 9.59 Å². The lowest BCUT2D eigenvalue weighted by Crippen LogP contribution is -2.45. The first-order valence-electron chi connectivity index (χ1n) is 8.57. The lowest BCUT2D eigenvalue weighted by molar-refractivity contribution is -0.119. The van der Waals surface area contributed by atoms with E-state index in [2.05, 4.69) is 20.8 Å². The van der Waals surface area contributed by atoms with Crippen LogP contribution in [0.4, 0.5) is 16.2 Å². The number of urea groups is 1. The van der Waals surface area contributed by atoms with Crippen LogP contribution >= 0.6 is 0 Å². The zero-order valence-electron chi connectivity index (χ0n) is 14.1. The fourth-order valence-electron chi connectivity index (χ4n) is 3.25. The van der Waals surface area contributed by atoms with Crippen molar-refractivity contribution in [3.8, 4) is 0 Å². The number of para-hydroxylation sites is 1. The number of hydrogen-bond donors (Lipinski definition) is 3.